The van der Waals surface area contributed by atoms with Crippen LogP contribution in [0.3, 0.4) is 0 Å². The second kappa shape index (κ2) is 6.78. The number of rotatable bonds is 5. The molecule has 0 bridgehead atoms. The van der Waals surface area contributed by atoms with Gasteiger partial charge in [0.1, 0.15) is 0 Å². The Hall–Kier alpha value is -1.26. The molecule has 1 rings (SSSR count). The van der Waals surface area contributed by atoms with Crippen LogP contribution >= 0.6 is 0 Å². The first kappa shape index (κ1) is 15.8. The van der Waals surface area contributed by atoms with E-state index in [4.69, 9.17) is 5.11 Å². The summed E-state index contributed by atoms with van der Waals surface area (Å²) >= 11 is 0. The number of urea groups is 1. The van der Waals surface area contributed by atoms with Crippen molar-refractivity contribution in [2.75, 3.05) is 6.54 Å². The van der Waals surface area contributed by atoms with Gasteiger partial charge in [0.15, 0.2) is 0 Å². The van der Waals surface area contributed by atoms with Crippen LogP contribution in [0.2, 0.25) is 0 Å². The topological polar surface area (TPSA) is 78.4 Å². The largest absolute Gasteiger partial charge is 0.481 e. The Morgan fingerprint density at radius 2 is 1.79 bits per heavy atom. The quantitative estimate of drug-likeness (QED) is 0.717. The number of amides is 2. The lowest BCUT2D eigenvalue weighted by molar-refractivity contribution is -0.138. The second-order valence-corrected chi connectivity index (χ2v) is 6.42. The first-order valence-electron chi connectivity index (χ1n) is 7.06. The number of nitrogens with one attached hydrogen (secondary N) is 2. The molecular weight excluding hydrogens is 244 g/mol. The Kier molecular flexibility index (Phi) is 5.63. The maximum atomic E-state index is 11.7. The van der Waals surface area contributed by atoms with E-state index in [0.29, 0.717) is 12.5 Å². The Bertz CT molecular complexity index is 321. The van der Waals surface area contributed by atoms with Crippen molar-refractivity contribution < 1.29 is 14.7 Å². The molecule has 0 aromatic rings. The van der Waals surface area contributed by atoms with Gasteiger partial charge in [0.05, 0.1) is 6.42 Å². The van der Waals surface area contributed by atoms with Gasteiger partial charge < -0.3 is 15.7 Å². The normalized spacial score (nSPS) is 23.7. The Morgan fingerprint density at radius 3 is 2.32 bits per heavy atom. The van der Waals surface area contributed by atoms with Gasteiger partial charge in [-0.2, -0.15) is 0 Å². The molecule has 0 aromatic heterocycles. The number of hydrogen-bond donors (Lipinski definition) is 3. The molecule has 19 heavy (non-hydrogen) atoms. The summed E-state index contributed by atoms with van der Waals surface area (Å²) in [6.07, 6.45) is 4.72. The van der Waals surface area contributed by atoms with Crippen molar-refractivity contribution in [2.45, 2.75) is 58.4 Å². The lowest BCUT2D eigenvalue weighted by atomic mass is 9.83. The number of carbonyl (C=O) groups is 2. The van der Waals surface area contributed by atoms with Crippen LogP contribution in [-0.4, -0.2) is 29.2 Å². The third-order valence-electron chi connectivity index (χ3n) is 3.73. The van der Waals surface area contributed by atoms with Crippen molar-refractivity contribution >= 4 is 12.0 Å². The molecule has 2 amide bonds. The van der Waals surface area contributed by atoms with Crippen LogP contribution < -0.4 is 10.6 Å². The third-order valence-corrected chi connectivity index (χ3v) is 3.73. The minimum Gasteiger partial charge on any atom is -0.481 e. The molecule has 0 atom stereocenters. The zero-order valence-corrected chi connectivity index (χ0v) is 12.2. The predicted molar refractivity (Wildman–Crippen MR) is 74.0 cm³/mol. The van der Waals surface area contributed by atoms with Gasteiger partial charge in [-0.1, -0.05) is 19.8 Å². The van der Waals surface area contributed by atoms with Crippen LogP contribution in [-0.2, 0) is 4.79 Å². The summed E-state index contributed by atoms with van der Waals surface area (Å²) < 4.78 is 0. The number of aliphatic carboxylic acids is 1. The molecule has 0 heterocycles. The van der Waals surface area contributed by atoms with Gasteiger partial charge in [0.25, 0.3) is 0 Å². The SMILES string of the molecule is CC1CCC(CNC(=O)NC(C)(C)CC(=O)O)CC1. The van der Waals surface area contributed by atoms with Gasteiger partial charge in [-0.25, -0.2) is 4.79 Å². The van der Waals surface area contributed by atoms with Crippen LogP contribution in [0.5, 0.6) is 0 Å². The van der Waals surface area contributed by atoms with Crippen molar-refractivity contribution in [3.8, 4) is 0 Å². The molecule has 1 aliphatic rings. The fourth-order valence-electron chi connectivity index (χ4n) is 2.54. The summed E-state index contributed by atoms with van der Waals surface area (Å²) in [4.78, 5) is 22.4. The fourth-order valence-corrected chi connectivity index (χ4v) is 2.54. The van der Waals surface area contributed by atoms with Gasteiger partial charge in [0, 0.05) is 12.1 Å². The van der Waals surface area contributed by atoms with Gasteiger partial charge >= 0.3 is 12.0 Å². The van der Waals surface area contributed by atoms with E-state index in [0.717, 1.165) is 5.92 Å². The van der Waals surface area contributed by atoms with E-state index >= 15 is 0 Å². The second-order valence-electron chi connectivity index (χ2n) is 6.42. The highest BCUT2D eigenvalue weighted by molar-refractivity contribution is 5.76. The molecule has 1 fully saturated rings. The van der Waals surface area contributed by atoms with E-state index in [1.165, 1.54) is 25.7 Å². The summed E-state index contributed by atoms with van der Waals surface area (Å²) in [6.45, 7) is 6.37. The van der Waals surface area contributed by atoms with Gasteiger partial charge in [-0.05, 0) is 38.5 Å². The van der Waals surface area contributed by atoms with Crippen LogP contribution in [0.1, 0.15) is 52.9 Å². The molecule has 0 radical (unpaired) electrons. The van der Waals surface area contributed by atoms with E-state index in [2.05, 4.69) is 17.6 Å². The van der Waals surface area contributed by atoms with E-state index in [9.17, 15) is 9.59 Å². The summed E-state index contributed by atoms with van der Waals surface area (Å²) in [6, 6.07) is -0.273. The molecule has 5 nitrogen and oxygen atoms in total. The maximum absolute atomic E-state index is 11.7. The lowest BCUT2D eigenvalue weighted by Crippen LogP contribution is -2.50. The van der Waals surface area contributed by atoms with Gasteiger partial charge in [0.2, 0.25) is 0 Å². The Morgan fingerprint density at radius 1 is 1.21 bits per heavy atom. The van der Waals surface area contributed by atoms with Crippen LogP contribution in [0, 0.1) is 11.8 Å². The molecule has 3 N–H and O–H groups in total. The van der Waals surface area contributed by atoms with Crippen LogP contribution in [0.4, 0.5) is 4.79 Å². The number of carboxylic acid groups (broad SMARTS) is 1. The van der Waals surface area contributed by atoms with E-state index in [-0.39, 0.29) is 12.5 Å². The van der Waals surface area contributed by atoms with Crippen LogP contribution in [0.15, 0.2) is 0 Å². The fraction of sp³-hybridized carbons (Fsp3) is 0.857. The molecule has 0 aliphatic heterocycles. The third kappa shape index (κ3) is 6.45. The summed E-state index contributed by atoms with van der Waals surface area (Å²) in [7, 11) is 0. The maximum Gasteiger partial charge on any atom is 0.315 e. The smallest absolute Gasteiger partial charge is 0.315 e. The highest BCUT2D eigenvalue weighted by Crippen LogP contribution is 2.27. The number of carbonyl (C=O) groups excluding carboxylic acids is 1. The first-order valence-corrected chi connectivity index (χ1v) is 7.06. The average Bonchev–Trinajstić information content (AvgIpc) is 2.25. The highest BCUT2D eigenvalue weighted by atomic mass is 16.4. The van der Waals surface area contributed by atoms with Gasteiger partial charge in [-0.3, -0.25) is 4.79 Å². The van der Waals surface area contributed by atoms with Gasteiger partial charge in [-0.15, -0.1) is 0 Å². The molecular formula is C14H26N2O3. The zero-order valence-electron chi connectivity index (χ0n) is 12.2. The molecule has 1 saturated carbocycles. The predicted octanol–water partition coefficient (Wildman–Crippen LogP) is 2.37. The summed E-state index contributed by atoms with van der Waals surface area (Å²) in [5.41, 5.74) is -0.725. The van der Waals surface area contributed by atoms with Crippen LogP contribution in [0.25, 0.3) is 0 Å². The molecule has 110 valence electrons. The van der Waals surface area contributed by atoms with E-state index < -0.39 is 11.5 Å². The highest BCUT2D eigenvalue weighted by Gasteiger charge is 2.24. The Balaban J connectivity index is 2.26. The zero-order chi connectivity index (χ0) is 14.5. The molecule has 5 heteroatoms. The molecule has 1 aliphatic carbocycles. The van der Waals surface area contributed by atoms with Crippen molar-refractivity contribution in [3.63, 3.8) is 0 Å². The molecule has 0 spiro atoms. The average molecular weight is 270 g/mol. The van der Waals surface area contributed by atoms with E-state index in [1.54, 1.807) is 13.8 Å². The van der Waals surface area contributed by atoms with Crippen molar-refractivity contribution in [1.29, 1.82) is 0 Å². The molecule has 0 unspecified atom stereocenters. The van der Waals surface area contributed by atoms with Crippen molar-refractivity contribution in [3.05, 3.63) is 0 Å². The lowest BCUT2D eigenvalue weighted by Gasteiger charge is -2.28. The first-order chi connectivity index (χ1) is 8.78. The Labute approximate surface area is 115 Å². The van der Waals surface area contributed by atoms with Crippen molar-refractivity contribution in [1.82, 2.24) is 10.6 Å². The molecule has 0 saturated heterocycles. The molecule has 0 aromatic carbocycles. The summed E-state index contributed by atoms with van der Waals surface area (Å²) in [5, 5.41) is 14.3. The standard InChI is InChI=1S/C14H26N2O3/c1-10-4-6-11(7-5-10)9-15-13(19)16-14(2,3)8-12(17)18/h10-11H,4-9H2,1-3H3,(H,17,18)(H2,15,16,19). The number of carboxylic acids is 1. The summed E-state index contributed by atoms with van der Waals surface area (Å²) in [5.74, 6) is 0.454. The van der Waals surface area contributed by atoms with Crippen molar-refractivity contribution in [2.24, 2.45) is 11.8 Å². The number of hydrogen-bond acceptors (Lipinski definition) is 2. The minimum absolute atomic E-state index is 0.0820. The minimum atomic E-state index is -0.911. The van der Waals surface area contributed by atoms with E-state index in [1.807, 2.05) is 0 Å². The monoisotopic (exact) mass is 270 g/mol.